The highest BCUT2D eigenvalue weighted by Gasteiger charge is 2.15. The molecule has 4 aromatic rings. The van der Waals surface area contributed by atoms with Crippen molar-refractivity contribution in [3.05, 3.63) is 143 Å². The Bertz CT molecular complexity index is 1920. The number of rotatable bonds is 13. The van der Waals surface area contributed by atoms with Crippen molar-refractivity contribution in [2.45, 2.75) is 40.5 Å². The van der Waals surface area contributed by atoms with Crippen molar-refractivity contribution in [1.29, 1.82) is 0 Å². The molecule has 6 heteroatoms. The van der Waals surface area contributed by atoms with Gasteiger partial charge in [-0.05, 0) is 122 Å². The second-order valence-electron chi connectivity index (χ2n) is 11.5. The lowest BCUT2D eigenvalue weighted by Gasteiger charge is -2.18. The van der Waals surface area contributed by atoms with E-state index in [2.05, 4.69) is 88.8 Å². The van der Waals surface area contributed by atoms with Gasteiger partial charge >= 0.3 is 11.9 Å². The molecule has 0 amide bonds. The lowest BCUT2D eigenvalue weighted by Crippen LogP contribution is -2.06. The maximum atomic E-state index is 11.1. The number of benzene rings is 4. The molecule has 0 spiro atoms. The first-order chi connectivity index (χ1) is 24.2. The van der Waals surface area contributed by atoms with Gasteiger partial charge in [0.15, 0.2) is 0 Å². The highest BCUT2D eigenvalue weighted by atomic mass is 16.5. The van der Waals surface area contributed by atoms with Gasteiger partial charge in [0.1, 0.15) is 11.5 Å². The molecule has 0 fully saturated rings. The van der Waals surface area contributed by atoms with E-state index in [1.54, 1.807) is 0 Å². The largest absolute Gasteiger partial charge is 0.493 e. The average molecular weight is 667 g/mol. The lowest BCUT2D eigenvalue weighted by atomic mass is 9.85. The zero-order chi connectivity index (χ0) is 35.9. The molecule has 0 heterocycles. The summed E-state index contributed by atoms with van der Waals surface area (Å²) >= 11 is 0. The Morgan fingerprint density at radius 3 is 1.32 bits per heavy atom. The van der Waals surface area contributed by atoms with Gasteiger partial charge in [-0.15, -0.1) is 0 Å². The van der Waals surface area contributed by atoms with Gasteiger partial charge in [0.25, 0.3) is 0 Å². The van der Waals surface area contributed by atoms with Gasteiger partial charge in [0.2, 0.25) is 0 Å². The molecule has 0 unspecified atom stereocenters. The van der Waals surface area contributed by atoms with E-state index in [-0.39, 0.29) is 0 Å². The fraction of sp³-hybridized carbons (Fsp3) is 0.227. The molecule has 0 aromatic heterocycles. The van der Waals surface area contributed by atoms with Crippen LogP contribution in [0, 0.1) is 51.4 Å². The number of carbonyl (C=O) groups excluding carboxylic acids is 2. The van der Waals surface area contributed by atoms with Gasteiger partial charge in [0, 0.05) is 47.2 Å². The van der Waals surface area contributed by atoms with Crippen LogP contribution in [0.1, 0.15) is 57.3 Å². The summed E-state index contributed by atoms with van der Waals surface area (Å²) < 4.78 is 21.4. The molecule has 4 rings (SSSR count). The molecular formula is C44H42O6. The van der Waals surface area contributed by atoms with Gasteiger partial charge in [-0.2, -0.15) is 0 Å². The van der Waals surface area contributed by atoms with E-state index in [0.29, 0.717) is 39.3 Å². The van der Waals surface area contributed by atoms with E-state index in [0.717, 1.165) is 51.5 Å². The number of hydrogen-bond donors (Lipinski definition) is 0. The fourth-order valence-corrected chi connectivity index (χ4v) is 5.16. The van der Waals surface area contributed by atoms with Crippen LogP contribution in [0.25, 0.3) is 11.1 Å². The van der Waals surface area contributed by atoms with Crippen LogP contribution >= 0.6 is 0 Å². The number of hydrogen-bond acceptors (Lipinski definition) is 6. The second kappa shape index (κ2) is 18.5. The molecule has 0 aliphatic heterocycles. The molecule has 0 saturated heterocycles. The minimum Gasteiger partial charge on any atom is -0.493 e. The van der Waals surface area contributed by atoms with E-state index >= 15 is 0 Å². The van der Waals surface area contributed by atoms with Gasteiger partial charge in [-0.3, -0.25) is 0 Å². The van der Waals surface area contributed by atoms with Crippen molar-refractivity contribution in [2.75, 3.05) is 26.4 Å². The summed E-state index contributed by atoms with van der Waals surface area (Å²) in [5.74, 6) is 13.9. The summed E-state index contributed by atoms with van der Waals surface area (Å²) in [5.41, 5.74) is 10.9. The fourth-order valence-electron chi connectivity index (χ4n) is 5.16. The monoisotopic (exact) mass is 666 g/mol. The molecule has 0 atom stereocenters. The summed E-state index contributed by atoms with van der Waals surface area (Å²) in [5, 5.41) is 0. The third kappa shape index (κ3) is 10.5. The molecule has 0 aliphatic rings. The van der Waals surface area contributed by atoms with Crippen LogP contribution in [0.4, 0.5) is 0 Å². The van der Waals surface area contributed by atoms with Crippen LogP contribution in [0.3, 0.4) is 0 Å². The van der Waals surface area contributed by atoms with Crippen molar-refractivity contribution in [1.82, 2.24) is 0 Å². The first-order valence-electron chi connectivity index (χ1n) is 16.5. The van der Waals surface area contributed by atoms with Crippen LogP contribution in [0.5, 0.6) is 11.5 Å². The summed E-state index contributed by atoms with van der Waals surface area (Å²) in [7, 11) is 0. The SMILES string of the molecule is C=CC(=O)OCCCOc1ccc(C#Cc2ccc(-c3c(C)c(C)c(C#Cc4ccc(OCCCOC(=O)C=C)cc4)c(C)c3C)cc2)cc1. The second-order valence-corrected chi connectivity index (χ2v) is 11.5. The molecule has 0 radical (unpaired) electrons. The van der Waals surface area contributed by atoms with Gasteiger partial charge in [0.05, 0.1) is 26.4 Å². The lowest BCUT2D eigenvalue weighted by molar-refractivity contribution is -0.138. The summed E-state index contributed by atoms with van der Waals surface area (Å²) in [4.78, 5) is 22.2. The first kappa shape index (κ1) is 36.8. The predicted molar refractivity (Wildman–Crippen MR) is 198 cm³/mol. The topological polar surface area (TPSA) is 71.1 Å². The van der Waals surface area contributed by atoms with Crippen LogP contribution in [0.2, 0.25) is 0 Å². The standard InChI is InChI=1S/C44H42O6/c1-7-42(45)49-29-9-27-47-39-22-15-36(16-23-39)12-11-35-13-20-38(21-14-35)44-33(5)31(3)41(32(4)34(44)6)26-19-37-17-24-40(25-18-37)48-28-10-30-50-43(46)8-2/h7-8,13-18,20-25H,1-2,9-10,27-30H2,3-6H3. The Labute approximate surface area is 295 Å². The third-order valence-corrected chi connectivity index (χ3v) is 8.13. The Balaban J connectivity index is 1.37. The van der Waals surface area contributed by atoms with E-state index in [1.165, 1.54) is 27.8 Å². The predicted octanol–water partition coefficient (Wildman–Crippen LogP) is 8.38. The normalized spacial score (nSPS) is 10.1. The van der Waals surface area contributed by atoms with Crippen LogP contribution in [-0.4, -0.2) is 38.4 Å². The number of esters is 2. The van der Waals surface area contributed by atoms with Crippen LogP contribution < -0.4 is 9.47 Å². The summed E-state index contributed by atoms with van der Waals surface area (Å²) in [6.07, 6.45) is 3.49. The van der Waals surface area contributed by atoms with Gasteiger partial charge in [-0.25, -0.2) is 9.59 Å². The van der Waals surface area contributed by atoms with E-state index in [9.17, 15) is 9.59 Å². The van der Waals surface area contributed by atoms with Crippen LogP contribution in [0.15, 0.2) is 98.1 Å². The molecule has 6 nitrogen and oxygen atoms in total. The van der Waals surface area contributed by atoms with E-state index < -0.39 is 11.9 Å². The Hall–Kier alpha value is -5.98. The maximum absolute atomic E-state index is 11.1. The highest BCUT2D eigenvalue weighted by Crippen LogP contribution is 2.34. The van der Waals surface area contributed by atoms with Crippen LogP contribution in [-0.2, 0) is 19.1 Å². The van der Waals surface area contributed by atoms with Crippen molar-refractivity contribution >= 4 is 11.9 Å². The quantitative estimate of drug-likeness (QED) is 0.0618. The van der Waals surface area contributed by atoms with Crippen molar-refractivity contribution in [3.63, 3.8) is 0 Å². The molecule has 0 saturated carbocycles. The van der Waals surface area contributed by atoms with Crippen molar-refractivity contribution in [2.24, 2.45) is 0 Å². The zero-order valence-electron chi connectivity index (χ0n) is 29.2. The smallest absolute Gasteiger partial charge is 0.330 e. The van der Waals surface area contributed by atoms with E-state index in [1.807, 2.05) is 48.5 Å². The zero-order valence-corrected chi connectivity index (χ0v) is 29.2. The Morgan fingerprint density at radius 1 is 0.540 bits per heavy atom. The molecule has 0 bridgehead atoms. The third-order valence-electron chi connectivity index (χ3n) is 8.13. The average Bonchev–Trinajstić information content (AvgIpc) is 3.14. The molecule has 0 N–H and O–H groups in total. The summed E-state index contributed by atoms with van der Waals surface area (Å²) in [6.45, 7) is 16.8. The summed E-state index contributed by atoms with van der Waals surface area (Å²) in [6, 6.07) is 23.7. The Morgan fingerprint density at radius 2 is 0.920 bits per heavy atom. The number of carbonyl (C=O) groups is 2. The van der Waals surface area contributed by atoms with Gasteiger partial charge < -0.3 is 18.9 Å². The minimum absolute atomic E-state index is 0.292. The highest BCUT2D eigenvalue weighted by molar-refractivity contribution is 5.81. The molecule has 50 heavy (non-hydrogen) atoms. The van der Waals surface area contributed by atoms with Crippen molar-refractivity contribution in [3.8, 4) is 46.3 Å². The number of ether oxygens (including phenoxy) is 4. The van der Waals surface area contributed by atoms with E-state index in [4.69, 9.17) is 18.9 Å². The molecule has 0 aliphatic carbocycles. The molecule has 254 valence electrons. The first-order valence-corrected chi connectivity index (χ1v) is 16.5. The molecular weight excluding hydrogens is 624 g/mol. The van der Waals surface area contributed by atoms with Crippen molar-refractivity contribution < 1.29 is 28.5 Å². The van der Waals surface area contributed by atoms with Gasteiger partial charge in [-0.1, -0.05) is 49.0 Å². The molecule has 4 aromatic carbocycles. The Kier molecular flexibility index (Phi) is 13.7. The minimum atomic E-state index is -0.429. The maximum Gasteiger partial charge on any atom is 0.330 e.